The Bertz CT molecular complexity index is 454. The zero-order chi connectivity index (χ0) is 13.3. The van der Waals surface area contributed by atoms with Gasteiger partial charge in [-0.3, -0.25) is 0 Å². The second kappa shape index (κ2) is 5.41. The highest BCUT2D eigenvalue weighted by Gasteiger charge is 2.46. The summed E-state index contributed by atoms with van der Waals surface area (Å²) < 4.78 is 13.1. The second-order valence-corrected chi connectivity index (χ2v) is 6.55. The van der Waals surface area contributed by atoms with Gasteiger partial charge in [0.1, 0.15) is 5.82 Å². The Hall–Kier alpha value is -0.600. The summed E-state index contributed by atoms with van der Waals surface area (Å²) in [5.74, 6) is -0.335. The maximum atomic E-state index is 13.1. The number of nitrogens with one attached hydrogen (secondary N) is 1. The first-order chi connectivity index (χ1) is 9.20. The summed E-state index contributed by atoms with van der Waals surface area (Å²) in [5, 5.41) is 3.88. The topological polar surface area (TPSA) is 12.0 Å². The Morgan fingerprint density at radius 1 is 1.21 bits per heavy atom. The van der Waals surface area contributed by atoms with E-state index in [0.29, 0.717) is 11.5 Å². The van der Waals surface area contributed by atoms with E-state index in [0.717, 1.165) is 12.1 Å². The first-order valence-corrected chi connectivity index (χ1v) is 7.75. The minimum Gasteiger partial charge on any atom is -0.309 e. The Morgan fingerprint density at radius 3 is 2.63 bits per heavy atom. The first kappa shape index (κ1) is 13.4. The van der Waals surface area contributed by atoms with Crippen molar-refractivity contribution in [2.24, 2.45) is 5.41 Å². The van der Waals surface area contributed by atoms with E-state index in [4.69, 9.17) is 11.6 Å². The molecule has 2 fully saturated rings. The lowest BCUT2D eigenvalue weighted by atomic mass is 9.57. The fourth-order valence-corrected chi connectivity index (χ4v) is 3.96. The highest BCUT2D eigenvalue weighted by Crippen LogP contribution is 2.51. The van der Waals surface area contributed by atoms with E-state index >= 15 is 0 Å². The molecule has 1 atom stereocenters. The first-order valence-electron chi connectivity index (χ1n) is 7.37. The fourth-order valence-electron chi connectivity index (χ4n) is 3.76. The molecule has 1 nitrogen and oxygen atoms in total. The molecule has 1 aromatic rings. The maximum absolute atomic E-state index is 13.1. The molecule has 0 aromatic heterocycles. The van der Waals surface area contributed by atoms with Crippen molar-refractivity contribution in [2.75, 3.05) is 0 Å². The molecule has 0 bridgehead atoms. The van der Waals surface area contributed by atoms with Crippen LogP contribution in [0.25, 0.3) is 0 Å². The lowest BCUT2D eigenvalue weighted by Gasteiger charge is -2.52. The SMILES string of the molecule is Fc1ccc(CNC2CCC23CCCCC3)cc1Cl. The van der Waals surface area contributed by atoms with Gasteiger partial charge < -0.3 is 5.32 Å². The Morgan fingerprint density at radius 2 is 2.00 bits per heavy atom. The highest BCUT2D eigenvalue weighted by molar-refractivity contribution is 6.30. The van der Waals surface area contributed by atoms with Crippen LogP contribution in [-0.4, -0.2) is 6.04 Å². The number of rotatable bonds is 3. The van der Waals surface area contributed by atoms with Crippen molar-refractivity contribution in [3.05, 3.63) is 34.6 Å². The minimum absolute atomic E-state index is 0.222. The summed E-state index contributed by atoms with van der Waals surface area (Å²) in [4.78, 5) is 0. The van der Waals surface area contributed by atoms with Gasteiger partial charge in [-0.2, -0.15) is 0 Å². The van der Waals surface area contributed by atoms with Crippen LogP contribution in [0.2, 0.25) is 5.02 Å². The van der Waals surface area contributed by atoms with Gasteiger partial charge in [-0.05, 0) is 48.8 Å². The predicted molar refractivity (Wildman–Crippen MR) is 76.8 cm³/mol. The molecule has 2 saturated carbocycles. The van der Waals surface area contributed by atoms with Gasteiger partial charge in [-0.1, -0.05) is 36.9 Å². The monoisotopic (exact) mass is 281 g/mol. The Kier molecular flexibility index (Phi) is 3.81. The molecule has 0 heterocycles. The zero-order valence-corrected chi connectivity index (χ0v) is 12.0. The predicted octanol–water partition coefficient (Wildman–Crippen LogP) is 4.68. The van der Waals surface area contributed by atoms with Crippen LogP contribution in [0.5, 0.6) is 0 Å². The van der Waals surface area contributed by atoms with Crippen molar-refractivity contribution >= 4 is 11.6 Å². The number of hydrogen-bond donors (Lipinski definition) is 1. The van der Waals surface area contributed by atoms with Crippen LogP contribution in [0.1, 0.15) is 50.5 Å². The molecular formula is C16H21ClFN. The third kappa shape index (κ3) is 2.66. The van der Waals surface area contributed by atoms with Gasteiger partial charge in [0.15, 0.2) is 0 Å². The molecule has 1 unspecified atom stereocenters. The molecule has 1 N–H and O–H groups in total. The Labute approximate surface area is 119 Å². The number of halogens is 2. The highest BCUT2D eigenvalue weighted by atomic mass is 35.5. The van der Waals surface area contributed by atoms with Gasteiger partial charge in [0.2, 0.25) is 0 Å². The van der Waals surface area contributed by atoms with Crippen LogP contribution in [0.15, 0.2) is 18.2 Å². The van der Waals surface area contributed by atoms with E-state index in [2.05, 4.69) is 5.32 Å². The average molecular weight is 282 g/mol. The molecule has 1 aromatic carbocycles. The number of benzene rings is 1. The van der Waals surface area contributed by atoms with Crippen LogP contribution in [0.4, 0.5) is 4.39 Å². The van der Waals surface area contributed by atoms with Crippen LogP contribution in [0.3, 0.4) is 0 Å². The van der Waals surface area contributed by atoms with Crippen LogP contribution < -0.4 is 5.32 Å². The van der Waals surface area contributed by atoms with E-state index in [9.17, 15) is 4.39 Å². The largest absolute Gasteiger partial charge is 0.309 e. The molecule has 3 heteroatoms. The Balaban J connectivity index is 1.58. The lowest BCUT2D eigenvalue weighted by Crippen LogP contribution is -2.53. The third-order valence-corrected chi connectivity index (χ3v) is 5.35. The smallest absolute Gasteiger partial charge is 0.141 e. The summed E-state index contributed by atoms with van der Waals surface area (Å²) in [6.45, 7) is 0.798. The standard InChI is InChI=1S/C16H21ClFN/c17-13-10-12(4-5-14(13)18)11-19-15-6-9-16(15)7-2-1-3-8-16/h4-5,10,15,19H,1-3,6-9,11H2. The second-order valence-electron chi connectivity index (χ2n) is 6.14. The third-order valence-electron chi connectivity index (χ3n) is 5.06. The van der Waals surface area contributed by atoms with E-state index in [1.807, 2.05) is 6.07 Å². The molecule has 0 aliphatic heterocycles. The summed E-state index contributed by atoms with van der Waals surface area (Å²) in [6, 6.07) is 5.66. The molecule has 104 valence electrons. The normalized spacial score (nSPS) is 25.3. The summed E-state index contributed by atoms with van der Waals surface area (Å²) in [5.41, 5.74) is 1.64. The molecule has 2 aliphatic rings. The number of hydrogen-bond acceptors (Lipinski definition) is 1. The van der Waals surface area contributed by atoms with Gasteiger partial charge >= 0.3 is 0 Å². The van der Waals surface area contributed by atoms with Crippen molar-refractivity contribution in [3.63, 3.8) is 0 Å². The summed E-state index contributed by atoms with van der Waals surface area (Å²) in [7, 11) is 0. The summed E-state index contributed by atoms with van der Waals surface area (Å²) in [6.07, 6.45) is 9.62. The molecule has 0 saturated heterocycles. The molecule has 19 heavy (non-hydrogen) atoms. The molecule has 1 spiro atoms. The van der Waals surface area contributed by atoms with E-state index in [1.165, 1.54) is 51.0 Å². The van der Waals surface area contributed by atoms with Crippen molar-refractivity contribution in [1.29, 1.82) is 0 Å². The molecule has 0 amide bonds. The maximum Gasteiger partial charge on any atom is 0.141 e. The molecule has 0 radical (unpaired) electrons. The van der Waals surface area contributed by atoms with Crippen LogP contribution in [-0.2, 0) is 6.54 Å². The average Bonchev–Trinajstić information content (AvgIpc) is 2.43. The van der Waals surface area contributed by atoms with E-state index in [1.54, 1.807) is 6.07 Å². The van der Waals surface area contributed by atoms with Crippen molar-refractivity contribution in [3.8, 4) is 0 Å². The van der Waals surface area contributed by atoms with Gasteiger partial charge in [-0.25, -0.2) is 4.39 Å². The van der Waals surface area contributed by atoms with Gasteiger partial charge in [0.25, 0.3) is 0 Å². The quantitative estimate of drug-likeness (QED) is 0.848. The van der Waals surface area contributed by atoms with Gasteiger partial charge in [-0.15, -0.1) is 0 Å². The summed E-state index contributed by atoms with van der Waals surface area (Å²) >= 11 is 5.82. The van der Waals surface area contributed by atoms with Gasteiger partial charge in [0.05, 0.1) is 5.02 Å². The molecule has 3 rings (SSSR count). The zero-order valence-electron chi connectivity index (χ0n) is 11.2. The van der Waals surface area contributed by atoms with Crippen molar-refractivity contribution in [2.45, 2.75) is 57.5 Å². The van der Waals surface area contributed by atoms with E-state index < -0.39 is 0 Å². The molecular weight excluding hydrogens is 261 g/mol. The lowest BCUT2D eigenvalue weighted by molar-refractivity contribution is 0.0221. The molecule has 2 aliphatic carbocycles. The van der Waals surface area contributed by atoms with Gasteiger partial charge in [0, 0.05) is 12.6 Å². The van der Waals surface area contributed by atoms with Crippen molar-refractivity contribution < 1.29 is 4.39 Å². The van der Waals surface area contributed by atoms with E-state index in [-0.39, 0.29) is 10.8 Å². The fraction of sp³-hybridized carbons (Fsp3) is 0.625. The minimum atomic E-state index is -0.335. The van der Waals surface area contributed by atoms with Crippen LogP contribution >= 0.6 is 11.6 Å². The van der Waals surface area contributed by atoms with Crippen molar-refractivity contribution in [1.82, 2.24) is 5.32 Å². The van der Waals surface area contributed by atoms with Crippen LogP contribution in [0, 0.1) is 11.2 Å².